The zero-order valence-electron chi connectivity index (χ0n) is 19.2. The van der Waals surface area contributed by atoms with Gasteiger partial charge in [0.05, 0.1) is 17.7 Å². The average molecular weight is 491 g/mol. The SMILES string of the molecule is CCc1ccc(-n2nc3cc(C)c(NC(=S)NC(=O)c4ccc(OC)c([N+](=O)[O-])c4)cc3n2)cc1. The molecule has 3 aromatic carbocycles. The molecule has 0 aliphatic heterocycles. The molecule has 0 saturated heterocycles. The minimum atomic E-state index is -0.615. The van der Waals surface area contributed by atoms with Crippen LogP contribution in [0.4, 0.5) is 11.4 Å². The fraction of sp³-hybridized carbons (Fsp3) is 0.167. The summed E-state index contributed by atoms with van der Waals surface area (Å²) < 4.78 is 4.97. The Kier molecular flexibility index (Phi) is 6.69. The lowest BCUT2D eigenvalue weighted by Gasteiger charge is -2.12. The van der Waals surface area contributed by atoms with Gasteiger partial charge in [0.2, 0.25) is 0 Å². The number of aromatic nitrogens is 3. The predicted octanol–water partition coefficient (Wildman–Crippen LogP) is 4.33. The zero-order chi connectivity index (χ0) is 25.1. The Morgan fingerprint density at radius 3 is 2.43 bits per heavy atom. The Bertz CT molecular complexity index is 1450. The number of nitro groups is 1. The summed E-state index contributed by atoms with van der Waals surface area (Å²) in [6, 6.07) is 15.6. The molecule has 35 heavy (non-hydrogen) atoms. The molecular weight excluding hydrogens is 468 g/mol. The van der Waals surface area contributed by atoms with Gasteiger partial charge in [-0.25, -0.2) is 0 Å². The molecule has 0 aliphatic carbocycles. The number of aryl methyl sites for hydroxylation is 2. The number of carbonyl (C=O) groups is 1. The summed E-state index contributed by atoms with van der Waals surface area (Å²) >= 11 is 5.29. The predicted molar refractivity (Wildman–Crippen MR) is 136 cm³/mol. The number of nitrogens with one attached hydrogen (secondary N) is 2. The smallest absolute Gasteiger partial charge is 0.311 e. The highest BCUT2D eigenvalue weighted by Crippen LogP contribution is 2.27. The maximum Gasteiger partial charge on any atom is 0.311 e. The number of anilines is 1. The molecule has 0 bridgehead atoms. The third-order valence-corrected chi connectivity index (χ3v) is 5.62. The molecule has 4 rings (SSSR count). The largest absolute Gasteiger partial charge is 0.490 e. The summed E-state index contributed by atoms with van der Waals surface area (Å²) in [5, 5.41) is 25.9. The fourth-order valence-corrected chi connectivity index (χ4v) is 3.69. The van der Waals surface area contributed by atoms with Crippen molar-refractivity contribution in [3.8, 4) is 11.4 Å². The van der Waals surface area contributed by atoms with Crippen LogP contribution in [0.5, 0.6) is 5.75 Å². The molecule has 0 saturated carbocycles. The van der Waals surface area contributed by atoms with Gasteiger partial charge in [0, 0.05) is 17.3 Å². The molecule has 0 aliphatic rings. The molecule has 0 atom stereocenters. The number of nitro benzene ring substituents is 1. The van der Waals surface area contributed by atoms with E-state index in [4.69, 9.17) is 17.0 Å². The van der Waals surface area contributed by atoms with Crippen molar-refractivity contribution in [1.29, 1.82) is 0 Å². The number of rotatable bonds is 6. The number of amides is 1. The van der Waals surface area contributed by atoms with Crippen LogP contribution >= 0.6 is 12.2 Å². The van der Waals surface area contributed by atoms with E-state index in [1.54, 1.807) is 10.9 Å². The molecule has 178 valence electrons. The van der Waals surface area contributed by atoms with Crippen molar-refractivity contribution in [1.82, 2.24) is 20.3 Å². The maximum absolute atomic E-state index is 12.6. The summed E-state index contributed by atoms with van der Waals surface area (Å²) in [7, 11) is 1.32. The molecule has 1 aromatic heterocycles. The summed E-state index contributed by atoms with van der Waals surface area (Å²) in [6.45, 7) is 3.98. The van der Waals surface area contributed by atoms with Crippen molar-refractivity contribution >= 4 is 45.6 Å². The molecule has 0 spiro atoms. The molecular formula is C24H22N6O4S. The van der Waals surface area contributed by atoms with E-state index < -0.39 is 10.8 Å². The van der Waals surface area contributed by atoms with Crippen LogP contribution in [0.2, 0.25) is 0 Å². The quantitative estimate of drug-likeness (QED) is 0.232. The highest BCUT2D eigenvalue weighted by atomic mass is 32.1. The van der Waals surface area contributed by atoms with Crippen LogP contribution in [0, 0.1) is 17.0 Å². The van der Waals surface area contributed by atoms with Crippen LogP contribution in [0.3, 0.4) is 0 Å². The minimum Gasteiger partial charge on any atom is -0.490 e. The van der Waals surface area contributed by atoms with E-state index in [0.29, 0.717) is 16.7 Å². The van der Waals surface area contributed by atoms with E-state index in [9.17, 15) is 14.9 Å². The Morgan fingerprint density at radius 1 is 1.11 bits per heavy atom. The number of hydrogen-bond acceptors (Lipinski definition) is 7. The van der Waals surface area contributed by atoms with E-state index in [-0.39, 0.29) is 22.1 Å². The molecule has 10 nitrogen and oxygen atoms in total. The lowest BCUT2D eigenvalue weighted by atomic mass is 10.1. The van der Waals surface area contributed by atoms with Gasteiger partial charge < -0.3 is 10.1 Å². The third-order valence-electron chi connectivity index (χ3n) is 5.41. The number of ether oxygens (including phenoxy) is 1. The van der Waals surface area contributed by atoms with Gasteiger partial charge in [0.15, 0.2) is 10.9 Å². The number of thiocarbonyl (C=S) groups is 1. The van der Waals surface area contributed by atoms with Gasteiger partial charge in [-0.05, 0) is 73.1 Å². The van der Waals surface area contributed by atoms with E-state index in [1.807, 2.05) is 37.3 Å². The van der Waals surface area contributed by atoms with Crippen molar-refractivity contribution < 1.29 is 14.5 Å². The van der Waals surface area contributed by atoms with Gasteiger partial charge >= 0.3 is 5.69 Å². The van der Waals surface area contributed by atoms with E-state index in [1.165, 1.54) is 24.8 Å². The number of carbonyl (C=O) groups excluding carboxylic acids is 1. The highest BCUT2D eigenvalue weighted by Gasteiger charge is 2.19. The average Bonchev–Trinajstić information content (AvgIpc) is 3.26. The van der Waals surface area contributed by atoms with Crippen molar-refractivity contribution in [3.05, 3.63) is 81.4 Å². The summed E-state index contributed by atoms with van der Waals surface area (Å²) in [5.41, 5.74) is 4.71. The number of nitrogens with zero attached hydrogens (tertiary/aromatic N) is 4. The minimum absolute atomic E-state index is 0.0402. The lowest BCUT2D eigenvalue weighted by molar-refractivity contribution is -0.385. The van der Waals surface area contributed by atoms with Crippen LogP contribution < -0.4 is 15.4 Å². The first kappa shape index (κ1) is 23.8. The number of benzene rings is 3. The second-order valence-corrected chi connectivity index (χ2v) is 8.13. The van der Waals surface area contributed by atoms with Crippen LogP contribution in [-0.2, 0) is 6.42 Å². The van der Waals surface area contributed by atoms with Gasteiger partial charge in [0.25, 0.3) is 5.91 Å². The first-order valence-electron chi connectivity index (χ1n) is 10.7. The molecule has 2 N–H and O–H groups in total. The number of fused-ring (bicyclic) bond motifs is 1. The maximum atomic E-state index is 12.6. The normalized spacial score (nSPS) is 10.7. The van der Waals surface area contributed by atoms with Crippen molar-refractivity contribution in [2.75, 3.05) is 12.4 Å². The highest BCUT2D eigenvalue weighted by molar-refractivity contribution is 7.80. The van der Waals surface area contributed by atoms with Crippen molar-refractivity contribution in [2.24, 2.45) is 0 Å². The van der Waals surface area contributed by atoms with Gasteiger partial charge in [-0.1, -0.05) is 19.1 Å². The first-order valence-corrected chi connectivity index (χ1v) is 11.1. The molecule has 4 aromatic rings. The van der Waals surface area contributed by atoms with Gasteiger partial charge in [-0.2, -0.15) is 4.80 Å². The summed E-state index contributed by atoms with van der Waals surface area (Å²) in [6.07, 6.45) is 0.953. The Balaban J connectivity index is 1.51. The van der Waals surface area contributed by atoms with Crippen LogP contribution in [-0.4, -0.2) is 38.0 Å². The zero-order valence-corrected chi connectivity index (χ0v) is 20.0. The molecule has 0 unspecified atom stereocenters. The number of hydrogen-bond donors (Lipinski definition) is 2. The standard InChI is InChI=1S/C24H22N6O4S/c1-4-15-5-8-17(9-6-15)29-27-19-11-14(2)18(13-20(19)28-29)25-24(35)26-23(31)16-7-10-22(34-3)21(12-16)30(32)33/h5-13H,4H2,1-3H3,(H2,25,26,31,35). The molecule has 1 heterocycles. The second-order valence-electron chi connectivity index (χ2n) is 7.72. The Hall–Kier alpha value is -4.38. The van der Waals surface area contributed by atoms with E-state index >= 15 is 0 Å². The van der Waals surface area contributed by atoms with Crippen LogP contribution in [0.1, 0.15) is 28.4 Å². The Morgan fingerprint density at radius 2 is 1.80 bits per heavy atom. The molecule has 0 radical (unpaired) electrons. The molecule has 0 fully saturated rings. The molecule has 11 heteroatoms. The van der Waals surface area contributed by atoms with E-state index in [2.05, 4.69) is 27.8 Å². The van der Waals surface area contributed by atoms with Gasteiger partial charge in [-0.3, -0.25) is 20.2 Å². The third kappa shape index (κ3) is 5.09. The Labute approximate surface area is 206 Å². The monoisotopic (exact) mass is 490 g/mol. The van der Waals surface area contributed by atoms with E-state index in [0.717, 1.165) is 23.7 Å². The topological polar surface area (TPSA) is 124 Å². The van der Waals surface area contributed by atoms with Gasteiger partial charge in [0.1, 0.15) is 11.0 Å². The van der Waals surface area contributed by atoms with Gasteiger partial charge in [-0.15, -0.1) is 10.2 Å². The number of methoxy groups -OCH3 is 1. The first-order chi connectivity index (χ1) is 16.8. The van der Waals surface area contributed by atoms with Crippen LogP contribution in [0.15, 0.2) is 54.6 Å². The summed E-state index contributed by atoms with van der Waals surface area (Å²) in [5.74, 6) is -0.529. The lowest BCUT2D eigenvalue weighted by Crippen LogP contribution is -2.34. The van der Waals surface area contributed by atoms with Crippen LogP contribution in [0.25, 0.3) is 16.7 Å². The second kappa shape index (κ2) is 9.85. The fourth-order valence-electron chi connectivity index (χ4n) is 3.49. The van der Waals surface area contributed by atoms with Crippen molar-refractivity contribution in [3.63, 3.8) is 0 Å². The molecule has 1 amide bonds. The van der Waals surface area contributed by atoms with Crippen molar-refractivity contribution in [2.45, 2.75) is 20.3 Å². The summed E-state index contributed by atoms with van der Waals surface area (Å²) in [4.78, 5) is 24.8.